The van der Waals surface area contributed by atoms with Crippen molar-refractivity contribution in [3.05, 3.63) is 59.6 Å². The van der Waals surface area contributed by atoms with Crippen LogP contribution < -0.4 is 10.1 Å². The van der Waals surface area contributed by atoms with Gasteiger partial charge in [-0.15, -0.1) is 0 Å². The number of aliphatic hydroxyl groups is 1. The van der Waals surface area contributed by atoms with E-state index in [1.54, 1.807) is 37.0 Å². The van der Waals surface area contributed by atoms with Gasteiger partial charge in [-0.05, 0) is 32.9 Å². The first-order chi connectivity index (χ1) is 15.3. The van der Waals surface area contributed by atoms with Crippen molar-refractivity contribution in [3.8, 4) is 16.9 Å². The number of fused-ring (bicyclic) bond motifs is 2. The van der Waals surface area contributed by atoms with Gasteiger partial charge in [0.05, 0.1) is 30.6 Å². The van der Waals surface area contributed by atoms with Crippen LogP contribution in [0.3, 0.4) is 0 Å². The molecule has 0 bridgehead atoms. The topological polar surface area (TPSA) is 89.5 Å². The largest absolute Gasteiger partial charge is 0.493 e. The summed E-state index contributed by atoms with van der Waals surface area (Å²) in [4.78, 5) is 9.26. The molecule has 0 saturated heterocycles. The number of nitrogens with zero attached hydrogens (tertiary/aromatic N) is 5. The summed E-state index contributed by atoms with van der Waals surface area (Å²) in [5.41, 5.74) is 3.89. The number of aryl methyl sites for hydroxylation is 1. The Morgan fingerprint density at radius 2 is 2.09 bits per heavy atom. The van der Waals surface area contributed by atoms with Crippen molar-refractivity contribution in [1.82, 2.24) is 24.1 Å². The highest BCUT2D eigenvalue weighted by atomic mass is 19.1. The second-order valence-corrected chi connectivity index (χ2v) is 8.77. The minimum atomic E-state index is -0.869. The molecule has 4 aromatic rings. The summed E-state index contributed by atoms with van der Waals surface area (Å²) in [6, 6.07) is 3.13. The molecule has 3 aromatic heterocycles. The normalized spacial score (nSPS) is 13.4. The van der Waals surface area contributed by atoms with Crippen molar-refractivity contribution >= 4 is 11.6 Å². The van der Waals surface area contributed by atoms with Crippen molar-refractivity contribution in [1.29, 1.82) is 0 Å². The first-order valence-corrected chi connectivity index (χ1v) is 10.6. The van der Waals surface area contributed by atoms with Crippen LogP contribution >= 0.6 is 0 Å². The van der Waals surface area contributed by atoms with Crippen LogP contribution in [0.2, 0.25) is 0 Å². The minimum absolute atomic E-state index is 0.254. The number of aromatic nitrogens is 5. The SMILES string of the molecule is Cc1cn2c(NCc3c(F)ccc4c3CCO4)ncc(-c3cnn(CC(C)(C)O)c3)c2n1. The van der Waals surface area contributed by atoms with Gasteiger partial charge >= 0.3 is 0 Å². The molecule has 0 unspecified atom stereocenters. The summed E-state index contributed by atoms with van der Waals surface area (Å²) in [5.74, 6) is 1.07. The van der Waals surface area contributed by atoms with Gasteiger partial charge in [-0.3, -0.25) is 9.08 Å². The van der Waals surface area contributed by atoms with E-state index in [4.69, 9.17) is 4.74 Å². The molecule has 166 valence electrons. The summed E-state index contributed by atoms with van der Waals surface area (Å²) < 4.78 is 23.7. The predicted molar refractivity (Wildman–Crippen MR) is 118 cm³/mol. The lowest BCUT2D eigenvalue weighted by molar-refractivity contribution is 0.0577. The summed E-state index contributed by atoms with van der Waals surface area (Å²) in [5, 5.41) is 17.7. The average molecular weight is 436 g/mol. The molecule has 32 heavy (non-hydrogen) atoms. The molecule has 9 heteroatoms. The Morgan fingerprint density at radius 3 is 2.91 bits per heavy atom. The van der Waals surface area contributed by atoms with Gasteiger partial charge in [-0.2, -0.15) is 5.10 Å². The van der Waals surface area contributed by atoms with Crippen LogP contribution in [0.4, 0.5) is 10.3 Å². The highest BCUT2D eigenvalue weighted by Crippen LogP contribution is 2.31. The van der Waals surface area contributed by atoms with Gasteiger partial charge in [0.15, 0.2) is 0 Å². The molecule has 4 heterocycles. The number of ether oxygens (including phenoxy) is 1. The highest BCUT2D eigenvalue weighted by Gasteiger charge is 2.20. The smallest absolute Gasteiger partial charge is 0.208 e. The van der Waals surface area contributed by atoms with Crippen LogP contribution in [-0.2, 0) is 19.5 Å². The van der Waals surface area contributed by atoms with Crippen molar-refractivity contribution < 1.29 is 14.2 Å². The van der Waals surface area contributed by atoms with Gasteiger partial charge in [-0.25, -0.2) is 14.4 Å². The maximum Gasteiger partial charge on any atom is 0.208 e. The highest BCUT2D eigenvalue weighted by molar-refractivity contribution is 5.77. The van der Waals surface area contributed by atoms with E-state index < -0.39 is 5.60 Å². The fourth-order valence-electron chi connectivity index (χ4n) is 4.09. The molecule has 0 radical (unpaired) electrons. The second-order valence-electron chi connectivity index (χ2n) is 8.77. The first-order valence-electron chi connectivity index (χ1n) is 10.6. The van der Waals surface area contributed by atoms with E-state index in [0.29, 0.717) is 37.6 Å². The fourth-order valence-corrected chi connectivity index (χ4v) is 4.09. The molecule has 2 N–H and O–H groups in total. The quantitative estimate of drug-likeness (QED) is 0.482. The van der Waals surface area contributed by atoms with Crippen molar-refractivity contribution in [3.63, 3.8) is 0 Å². The van der Waals surface area contributed by atoms with E-state index in [9.17, 15) is 9.50 Å². The Morgan fingerprint density at radius 1 is 1.25 bits per heavy atom. The molecule has 1 aliphatic heterocycles. The molecule has 1 aromatic carbocycles. The summed E-state index contributed by atoms with van der Waals surface area (Å²) in [7, 11) is 0. The van der Waals surface area contributed by atoms with E-state index >= 15 is 0 Å². The fraction of sp³-hybridized carbons (Fsp3) is 0.348. The van der Waals surface area contributed by atoms with Crippen LogP contribution in [0.1, 0.15) is 30.7 Å². The molecule has 0 aliphatic carbocycles. The zero-order valence-electron chi connectivity index (χ0n) is 18.3. The van der Waals surface area contributed by atoms with Gasteiger partial charge in [-0.1, -0.05) is 0 Å². The third-order valence-electron chi connectivity index (χ3n) is 5.47. The van der Waals surface area contributed by atoms with Crippen LogP contribution in [0.25, 0.3) is 16.8 Å². The van der Waals surface area contributed by atoms with Crippen LogP contribution in [0.15, 0.2) is 36.9 Å². The van der Waals surface area contributed by atoms with Gasteiger partial charge in [0.2, 0.25) is 5.95 Å². The number of imidazole rings is 1. The van der Waals surface area contributed by atoms with E-state index in [-0.39, 0.29) is 5.82 Å². The van der Waals surface area contributed by atoms with E-state index in [1.807, 2.05) is 23.7 Å². The molecule has 8 nitrogen and oxygen atoms in total. The van der Waals surface area contributed by atoms with Crippen LogP contribution in [0.5, 0.6) is 5.75 Å². The predicted octanol–water partition coefficient (Wildman–Crippen LogP) is 3.36. The number of rotatable bonds is 6. The Balaban J connectivity index is 1.47. The number of benzene rings is 1. The molecule has 5 rings (SSSR count). The second kappa shape index (κ2) is 7.59. The van der Waals surface area contributed by atoms with E-state index in [1.165, 1.54) is 6.07 Å². The van der Waals surface area contributed by atoms with Crippen LogP contribution in [0, 0.1) is 12.7 Å². The molecule has 0 amide bonds. The molecule has 0 spiro atoms. The van der Waals surface area contributed by atoms with Gasteiger partial charge in [0, 0.05) is 53.8 Å². The lowest BCUT2D eigenvalue weighted by Crippen LogP contribution is -2.26. The summed E-state index contributed by atoms with van der Waals surface area (Å²) >= 11 is 0. The lowest BCUT2D eigenvalue weighted by atomic mass is 10.0. The number of hydrogen-bond acceptors (Lipinski definition) is 6. The third-order valence-corrected chi connectivity index (χ3v) is 5.47. The van der Waals surface area contributed by atoms with E-state index in [0.717, 1.165) is 33.8 Å². The Labute approximate surface area is 184 Å². The van der Waals surface area contributed by atoms with Crippen molar-refractivity contribution in [2.75, 3.05) is 11.9 Å². The lowest BCUT2D eigenvalue weighted by Gasteiger charge is -2.16. The zero-order valence-corrected chi connectivity index (χ0v) is 18.3. The Kier molecular flexibility index (Phi) is 4.85. The van der Waals surface area contributed by atoms with Crippen molar-refractivity contribution in [2.45, 2.75) is 45.9 Å². The molecule has 0 fully saturated rings. The van der Waals surface area contributed by atoms with Gasteiger partial charge in [0.25, 0.3) is 0 Å². The standard InChI is InChI=1S/C23H25FN6O2/c1-14-11-30-21(28-14)17(15-8-27-29(12-15)13-23(2,3)31)9-25-22(30)26-10-18-16-6-7-32-20(16)5-4-19(18)24/h4-5,8-9,11-12,31H,6-7,10,13H2,1-3H3,(H,25,26). The summed E-state index contributed by atoms with van der Waals surface area (Å²) in [6.45, 7) is 6.64. The number of nitrogens with one attached hydrogen (secondary N) is 1. The molecular formula is C23H25FN6O2. The molecule has 0 saturated carbocycles. The minimum Gasteiger partial charge on any atom is -0.493 e. The molecular weight excluding hydrogens is 411 g/mol. The Hall–Kier alpha value is -3.46. The Bertz CT molecular complexity index is 1300. The first kappa shape index (κ1) is 20.4. The van der Waals surface area contributed by atoms with Crippen LogP contribution in [-0.4, -0.2) is 41.5 Å². The van der Waals surface area contributed by atoms with Gasteiger partial charge < -0.3 is 15.2 Å². The summed E-state index contributed by atoms with van der Waals surface area (Å²) in [6.07, 6.45) is 7.94. The number of halogens is 1. The van der Waals surface area contributed by atoms with E-state index in [2.05, 4.69) is 20.4 Å². The average Bonchev–Trinajstić information content (AvgIpc) is 3.45. The maximum absolute atomic E-state index is 14.5. The number of anilines is 1. The third kappa shape index (κ3) is 3.80. The molecule has 1 aliphatic rings. The van der Waals surface area contributed by atoms with Gasteiger partial charge in [0.1, 0.15) is 17.2 Å². The maximum atomic E-state index is 14.5. The monoisotopic (exact) mass is 436 g/mol. The molecule has 0 atom stereocenters. The van der Waals surface area contributed by atoms with Crippen molar-refractivity contribution in [2.24, 2.45) is 0 Å². The number of hydrogen-bond donors (Lipinski definition) is 2. The zero-order chi connectivity index (χ0) is 22.5.